The number of aliphatic hydroxyl groups excluding tert-OH is 1. The molecule has 158 valence electrons. The summed E-state index contributed by atoms with van der Waals surface area (Å²) in [5.74, 6) is 1.53. The fraction of sp³-hybridized carbons (Fsp3) is 0.182. The molecule has 5 rings (SSSR count). The van der Waals surface area contributed by atoms with E-state index in [0.717, 1.165) is 5.56 Å². The van der Waals surface area contributed by atoms with Crippen LogP contribution < -0.4 is 24.8 Å². The van der Waals surface area contributed by atoms with Crippen LogP contribution in [0.25, 0.3) is 0 Å². The van der Waals surface area contributed by atoms with Crippen LogP contribution in [-0.4, -0.2) is 29.3 Å². The molecular formula is C22H18ClN3O5. The molecule has 0 aliphatic carbocycles. The van der Waals surface area contributed by atoms with Gasteiger partial charge in [-0.25, -0.2) is 4.98 Å². The Morgan fingerprint density at radius 3 is 2.84 bits per heavy atom. The molecule has 0 spiro atoms. The Morgan fingerprint density at radius 2 is 2.06 bits per heavy atom. The summed E-state index contributed by atoms with van der Waals surface area (Å²) in [6, 6.07) is 12.4. The minimum absolute atomic E-state index is 0.168. The lowest BCUT2D eigenvalue weighted by atomic mass is 10.0. The number of para-hydroxylation sites is 1. The number of anilines is 2. The van der Waals surface area contributed by atoms with Gasteiger partial charge in [-0.15, -0.1) is 0 Å². The number of aromatic nitrogens is 1. The smallest absolute Gasteiger partial charge is 0.252 e. The lowest BCUT2D eigenvalue weighted by Gasteiger charge is -2.37. The topological polar surface area (TPSA) is 107 Å². The first-order chi connectivity index (χ1) is 15.0. The van der Waals surface area contributed by atoms with E-state index in [1.165, 1.54) is 0 Å². The molecule has 2 aliphatic heterocycles. The Kier molecular flexibility index (Phi) is 4.80. The number of carbonyl (C=O) groups excluding carboxylic acids is 1. The molecule has 0 saturated heterocycles. The molecule has 0 bridgehead atoms. The van der Waals surface area contributed by atoms with Crippen molar-refractivity contribution >= 4 is 29.0 Å². The van der Waals surface area contributed by atoms with Gasteiger partial charge in [-0.1, -0.05) is 23.7 Å². The summed E-state index contributed by atoms with van der Waals surface area (Å²) >= 11 is 6.50. The third-order valence-electron chi connectivity index (χ3n) is 5.24. The van der Waals surface area contributed by atoms with Crippen molar-refractivity contribution in [3.63, 3.8) is 0 Å². The van der Waals surface area contributed by atoms with Crippen LogP contribution in [0.2, 0.25) is 5.02 Å². The zero-order valence-corrected chi connectivity index (χ0v) is 17.0. The zero-order chi connectivity index (χ0) is 21.5. The molecule has 1 aromatic heterocycles. The van der Waals surface area contributed by atoms with Gasteiger partial charge in [0.15, 0.2) is 23.1 Å². The standard InChI is InChI=1S/C22H18ClN3O5/c23-15-6-12(10-27)8-25-22(15)26-9-19(13-4-5-17-18(7-13)30-11-29-17)31-20-14(21(24)28)2-1-3-16(20)26/h1-8,19,27H,9-11H2,(H2,24,28)/t19-/m0/s1. The molecule has 3 aromatic rings. The molecule has 0 fully saturated rings. The van der Waals surface area contributed by atoms with Crippen molar-refractivity contribution in [2.75, 3.05) is 18.2 Å². The van der Waals surface area contributed by atoms with Crippen LogP contribution in [0.4, 0.5) is 11.5 Å². The fourth-order valence-electron chi connectivity index (χ4n) is 3.74. The van der Waals surface area contributed by atoms with Crippen LogP contribution in [0, 0.1) is 0 Å². The van der Waals surface area contributed by atoms with Crippen LogP contribution in [0.3, 0.4) is 0 Å². The van der Waals surface area contributed by atoms with Gasteiger partial charge in [0.1, 0.15) is 6.10 Å². The van der Waals surface area contributed by atoms with Crippen LogP contribution >= 0.6 is 11.6 Å². The van der Waals surface area contributed by atoms with Gasteiger partial charge in [-0.2, -0.15) is 0 Å². The second-order valence-corrected chi connectivity index (χ2v) is 7.56. The average molecular weight is 440 g/mol. The van der Waals surface area contributed by atoms with Crippen molar-refractivity contribution < 1.29 is 24.1 Å². The number of primary amides is 1. The van der Waals surface area contributed by atoms with E-state index in [1.807, 2.05) is 29.2 Å². The summed E-state index contributed by atoms with van der Waals surface area (Å²) in [6.07, 6.45) is 1.10. The minimum atomic E-state index is -0.599. The Hall–Kier alpha value is -3.49. The van der Waals surface area contributed by atoms with Gasteiger partial charge < -0.3 is 30.0 Å². The monoisotopic (exact) mass is 439 g/mol. The number of rotatable bonds is 4. The van der Waals surface area contributed by atoms with Gasteiger partial charge in [0.2, 0.25) is 6.79 Å². The number of hydrogen-bond acceptors (Lipinski definition) is 7. The molecule has 2 aromatic carbocycles. The predicted octanol–water partition coefficient (Wildman–Crippen LogP) is 3.33. The van der Waals surface area contributed by atoms with E-state index in [4.69, 9.17) is 31.5 Å². The second kappa shape index (κ2) is 7.64. The highest BCUT2D eigenvalue weighted by atomic mass is 35.5. The molecular weight excluding hydrogens is 422 g/mol. The van der Waals surface area contributed by atoms with Crippen molar-refractivity contribution in [3.8, 4) is 17.2 Å². The Balaban J connectivity index is 1.62. The summed E-state index contributed by atoms with van der Waals surface area (Å²) < 4.78 is 17.1. The van der Waals surface area contributed by atoms with Crippen molar-refractivity contribution in [1.82, 2.24) is 4.98 Å². The van der Waals surface area contributed by atoms with Gasteiger partial charge in [-0.05, 0) is 41.5 Å². The summed E-state index contributed by atoms with van der Waals surface area (Å²) in [4.78, 5) is 18.4. The number of hydrogen-bond donors (Lipinski definition) is 2. The van der Waals surface area contributed by atoms with Crippen LogP contribution in [0.1, 0.15) is 27.6 Å². The lowest BCUT2D eigenvalue weighted by Crippen LogP contribution is -2.33. The molecule has 9 heteroatoms. The SMILES string of the molecule is NC(=O)c1cccc2c1O[C@H](c1ccc3c(c1)OCO3)CN2c1ncc(CO)cc1Cl. The number of halogens is 1. The van der Waals surface area contributed by atoms with E-state index < -0.39 is 12.0 Å². The van der Waals surface area contributed by atoms with E-state index in [0.29, 0.717) is 45.9 Å². The lowest BCUT2D eigenvalue weighted by molar-refractivity contribution is 0.0991. The molecule has 8 nitrogen and oxygen atoms in total. The molecule has 31 heavy (non-hydrogen) atoms. The first-order valence-corrected chi connectivity index (χ1v) is 9.95. The molecule has 0 unspecified atom stereocenters. The highest BCUT2D eigenvalue weighted by molar-refractivity contribution is 6.33. The fourth-order valence-corrected chi connectivity index (χ4v) is 4.03. The van der Waals surface area contributed by atoms with E-state index in [9.17, 15) is 9.90 Å². The summed E-state index contributed by atoms with van der Waals surface area (Å²) in [7, 11) is 0. The number of pyridine rings is 1. The van der Waals surface area contributed by atoms with E-state index in [1.54, 1.807) is 24.4 Å². The average Bonchev–Trinajstić information content (AvgIpc) is 3.25. The van der Waals surface area contributed by atoms with Gasteiger partial charge in [0.05, 0.1) is 29.4 Å². The van der Waals surface area contributed by atoms with Crippen molar-refractivity contribution in [2.45, 2.75) is 12.7 Å². The molecule has 0 radical (unpaired) electrons. The number of ether oxygens (including phenoxy) is 3. The minimum Gasteiger partial charge on any atom is -0.481 e. The van der Waals surface area contributed by atoms with E-state index in [2.05, 4.69) is 4.98 Å². The number of nitrogens with two attached hydrogens (primary N) is 1. The van der Waals surface area contributed by atoms with Gasteiger partial charge >= 0.3 is 0 Å². The number of benzene rings is 2. The highest BCUT2D eigenvalue weighted by Gasteiger charge is 2.33. The number of carbonyl (C=O) groups is 1. The predicted molar refractivity (Wildman–Crippen MR) is 113 cm³/mol. The van der Waals surface area contributed by atoms with E-state index >= 15 is 0 Å². The van der Waals surface area contributed by atoms with Gasteiger partial charge in [-0.3, -0.25) is 4.79 Å². The highest BCUT2D eigenvalue weighted by Crippen LogP contribution is 2.46. The molecule has 1 atom stereocenters. The molecule has 3 N–H and O–H groups in total. The quantitative estimate of drug-likeness (QED) is 0.642. The van der Waals surface area contributed by atoms with Crippen LogP contribution in [0.15, 0.2) is 48.7 Å². The normalized spacial score (nSPS) is 16.6. The molecule has 3 heterocycles. The van der Waals surface area contributed by atoms with Crippen molar-refractivity contribution in [1.29, 1.82) is 0 Å². The maximum Gasteiger partial charge on any atom is 0.252 e. The molecule has 1 amide bonds. The largest absolute Gasteiger partial charge is 0.481 e. The zero-order valence-electron chi connectivity index (χ0n) is 16.2. The van der Waals surface area contributed by atoms with Crippen LogP contribution in [0.5, 0.6) is 17.2 Å². The Morgan fingerprint density at radius 1 is 1.23 bits per heavy atom. The van der Waals surface area contributed by atoms with E-state index in [-0.39, 0.29) is 19.0 Å². The molecule has 0 saturated carbocycles. The van der Waals surface area contributed by atoms with Gasteiger partial charge in [0, 0.05) is 6.20 Å². The Bertz CT molecular complexity index is 1190. The summed E-state index contributed by atoms with van der Waals surface area (Å²) in [5, 5.41) is 9.75. The van der Waals surface area contributed by atoms with Crippen molar-refractivity contribution in [3.05, 3.63) is 70.4 Å². The number of amides is 1. The van der Waals surface area contributed by atoms with Crippen LogP contribution in [-0.2, 0) is 6.61 Å². The third-order valence-corrected chi connectivity index (χ3v) is 5.52. The maximum atomic E-state index is 12.1. The third kappa shape index (κ3) is 3.39. The first kappa shape index (κ1) is 19.5. The van der Waals surface area contributed by atoms with Crippen molar-refractivity contribution in [2.24, 2.45) is 5.73 Å². The maximum absolute atomic E-state index is 12.1. The van der Waals surface area contributed by atoms with Gasteiger partial charge in [0.25, 0.3) is 5.91 Å². The second-order valence-electron chi connectivity index (χ2n) is 7.15. The summed E-state index contributed by atoms with van der Waals surface area (Å²) in [6.45, 7) is 0.375. The first-order valence-electron chi connectivity index (χ1n) is 9.57. The number of aliphatic hydroxyl groups is 1. The Labute approximate surface area is 182 Å². The molecule has 2 aliphatic rings. The number of nitrogens with zero attached hydrogens (tertiary/aromatic N) is 2. The summed E-state index contributed by atoms with van der Waals surface area (Å²) in [5.41, 5.74) is 7.92. The number of fused-ring (bicyclic) bond motifs is 2.